The van der Waals surface area contributed by atoms with Crippen molar-refractivity contribution >= 4 is 19.8 Å². The van der Waals surface area contributed by atoms with E-state index in [0.29, 0.717) is 0 Å². The first-order valence-electron chi connectivity index (χ1n) is 2.98. The highest BCUT2D eigenvalue weighted by molar-refractivity contribution is 7.28. The molecule has 3 N–H and O–H groups in total. The SMILES string of the molecule is CCC(=O)ON(C(=N)N)P(=O)=O. The van der Waals surface area contributed by atoms with Gasteiger partial charge in [0.25, 0.3) is 0 Å². The molecule has 0 aliphatic rings. The summed E-state index contributed by atoms with van der Waals surface area (Å²) in [5, 5.41) is 6.69. The predicted molar refractivity (Wildman–Crippen MR) is 38.4 cm³/mol. The molecular formula is C4H8N3O4P. The van der Waals surface area contributed by atoms with Gasteiger partial charge in [0.05, 0.1) is 0 Å². The fraction of sp³-hybridized carbons (Fsp3) is 0.500. The van der Waals surface area contributed by atoms with Crippen LogP contribution in [0.15, 0.2) is 0 Å². The van der Waals surface area contributed by atoms with E-state index >= 15 is 0 Å². The maximum Gasteiger partial charge on any atom is 0.463 e. The van der Waals surface area contributed by atoms with Crippen molar-refractivity contribution in [3.8, 4) is 0 Å². The van der Waals surface area contributed by atoms with Gasteiger partial charge >= 0.3 is 13.8 Å². The summed E-state index contributed by atoms with van der Waals surface area (Å²) < 4.78 is 20.5. The first kappa shape index (κ1) is 10.6. The van der Waals surface area contributed by atoms with Crippen LogP contribution in [-0.4, -0.2) is 16.8 Å². The first-order valence-corrected chi connectivity index (χ1v) is 4.11. The Morgan fingerprint density at radius 2 is 2.17 bits per heavy atom. The van der Waals surface area contributed by atoms with E-state index in [2.05, 4.69) is 4.84 Å². The molecule has 8 heteroatoms. The molecule has 0 saturated heterocycles. The Bertz CT molecular complexity index is 253. The smallest absolute Gasteiger partial charge is 0.367 e. The summed E-state index contributed by atoms with van der Waals surface area (Å²) in [6.45, 7) is 1.48. The average Bonchev–Trinajstić information content (AvgIpc) is 1.98. The Hall–Kier alpha value is -1.36. The quantitative estimate of drug-likeness (QED) is 0.279. The van der Waals surface area contributed by atoms with Crippen LogP contribution in [0.5, 0.6) is 0 Å². The fourth-order valence-corrected chi connectivity index (χ4v) is 0.665. The van der Waals surface area contributed by atoms with Crippen LogP contribution in [0.25, 0.3) is 0 Å². The van der Waals surface area contributed by atoms with E-state index in [4.69, 9.17) is 11.1 Å². The van der Waals surface area contributed by atoms with Gasteiger partial charge in [0, 0.05) is 6.42 Å². The standard InChI is InChI=1S/C4H8N3O4P/c1-2-3(8)11-7(4(5)6)12(9)10/h2H2,1H3,(H3,5,6). The molecule has 0 aromatic rings. The van der Waals surface area contributed by atoms with Crippen LogP contribution in [-0.2, 0) is 18.8 Å². The Morgan fingerprint density at radius 3 is 2.42 bits per heavy atom. The molecule has 0 aromatic carbocycles. The molecule has 0 aromatic heterocycles. The van der Waals surface area contributed by atoms with Gasteiger partial charge in [-0.3, -0.25) is 5.41 Å². The van der Waals surface area contributed by atoms with Crippen molar-refractivity contribution in [2.75, 3.05) is 0 Å². The van der Waals surface area contributed by atoms with Gasteiger partial charge in [-0.25, -0.2) is 13.9 Å². The molecule has 7 nitrogen and oxygen atoms in total. The third-order valence-corrected chi connectivity index (χ3v) is 1.43. The maximum atomic E-state index is 10.5. The van der Waals surface area contributed by atoms with Crippen molar-refractivity contribution in [2.24, 2.45) is 5.73 Å². The highest BCUT2D eigenvalue weighted by Gasteiger charge is 2.16. The highest BCUT2D eigenvalue weighted by Crippen LogP contribution is 2.12. The Labute approximate surface area is 68.8 Å². The van der Waals surface area contributed by atoms with Crippen LogP contribution < -0.4 is 5.73 Å². The molecule has 0 radical (unpaired) electrons. The van der Waals surface area contributed by atoms with Gasteiger partial charge in [0.15, 0.2) is 0 Å². The average molecular weight is 193 g/mol. The fourth-order valence-electron chi connectivity index (χ4n) is 0.331. The van der Waals surface area contributed by atoms with Gasteiger partial charge in [-0.05, 0) is 0 Å². The summed E-state index contributed by atoms with van der Waals surface area (Å²) in [6, 6.07) is 0. The van der Waals surface area contributed by atoms with E-state index < -0.39 is 19.8 Å². The number of nitrogens with one attached hydrogen (secondary N) is 1. The summed E-state index contributed by atoms with van der Waals surface area (Å²) in [5.74, 6) is -1.63. The lowest BCUT2D eigenvalue weighted by Crippen LogP contribution is -2.31. The normalized spacial score (nSPS) is 8.75. The van der Waals surface area contributed by atoms with Crippen LogP contribution in [0.2, 0.25) is 0 Å². The number of nitrogens with zero attached hydrogens (tertiary/aromatic N) is 1. The number of nitrogens with two attached hydrogens (primary N) is 1. The lowest BCUT2D eigenvalue weighted by Gasteiger charge is -2.10. The second-order valence-electron chi connectivity index (χ2n) is 1.71. The second-order valence-corrected chi connectivity index (χ2v) is 2.55. The maximum absolute atomic E-state index is 10.5. The number of hydroxylamine groups is 1. The molecule has 68 valence electrons. The largest absolute Gasteiger partial charge is 0.463 e. The van der Waals surface area contributed by atoms with Gasteiger partial charge in [0.2, 0.25) is 5.96 Å². The zero-order valence-electron chi connectivity index (χ0n) is 6.31. The van der Waals surface area contributed by atoms with E-state index in [0.717, 1.165) is 0 Å². The van der Waals surface area contributed by atoms with Crippen molar-refractivity contribution < 1.29 is 18.8 Å². The minimum atomic E-state index is -3.20. The van der Waals surface area contributed by atoms with Crippen molar-refractivity contribution in [1.82, 2.24) is 4.83 Å². The lowest BCUT2D eigenvalue weighted by atomic mass is 10.5. The van der Waals surface area contributed by atoms with E-state index in [-0.39, 0.29) is 11.3 Å². The van der Waals surface area contributed by atoms with E-state index in [1.165, 1.54) is 6.92 Å². The van der Waals surface area contributed by atoms with Crippen molar-refractivity contribution in [1.29, 1.82) is 5.41 Å². The van der Waals surface area contributed by atoms with Gasteiger partial charge < -0.3 is 10.6 Å². The molecule has 0 aliphatic carbocycles. The summed E-state index contributed by atoms with van der Waals surface area (Å²) >= 11 is 0. The van der Waals surface area contributed by atoms with Crippen LogP contribution in [0.4, 0.5) is 0 Å². The van der Waals surface area contributed by atoms with Gasteiger partial charge in [0.1, 0.15) is 0 Å². The van der Waals surface area contributed by atoms with E-state index in [1.54, 1.807) is 0 Å². The number of carbonyl (C=O) groups is 1. The number of guanidine groups is 1. The van der Waals surface area contributed by atoms with E-state index in [1.807, 2.05) is 0 Å². The number of hydrogen-bond acceptors (Lipinski definition) is 5. The molecule has 0 fully saturated rings. The van der Waals surface area contributed by atoms with Crippen LogP contribution in [0, 0.1) is 5.41 Å². The monoisotopic (exact) mass is 193 g/mol. The van der Waals surface area contributed by atoms with Crippen molar-refractivity contribution in [2.45, 2.75) is 13.3 Å². The first-order chi connectivity index (χ1) is 5.49. The number of rotatable bonds is 2. The second kappa shape index (κ2) is 4.50. The van der Waals surface area contributed by atoms with Crippen LogP contribution >= 0.6 is 7.83 Å². The molecule has 0 aliphatic heterocycles. The molecule has 0 saturated carbocycles. The molecule has 0 atom stereocenters. The number of carbonyl (C=O) groups excluding carboxylic acids is 1. The molecule has 0 unspecified atom stereocenters. The molecule has 0 bridgehead atoms. The third-order valence-electron chi connectivity index (χ3n) is 0.831. The van der Waals surface area contributed by atoms with Crippen LogP contribution in [0.1, 0.15) is 13.3 Å². The van der Waals surface area contributed by atoms with Gasteiger partial charge in [-0.15, -0.1) is 0 Å². The molecular weight excluding hydrogens is 185 g/mol. The molecule has 0 rings (SSSR count). The Morgan fingerprint density at radius 1 is 1.67 bits per heavy atom. The highest BCUT2D eigenvalue weighted by atomic mass is 31.1. The summed E-state index contributed by atoms with van der Waals surface area (Å²) in [5.41, 5.74) is 4.79. The zero-order valence-corrected chi connectivity index (χ0v) is 7.21. The van der Waals surface area contributed by atoms with Gasteiger partial charge in [-0.1, -0.05) is 11.8 Å². The minimum absolute atomic E-state index is 0.00690. The minimum Gasteiger partial charge on any atom is -0.367 e. The predicted octanol–water partition coefficient (Wildman–Crippen LogP) is 0.138. The van der Waals surface area contributed by atoms with Crippen molar-refractivity contribution in [3.63, 3.8) is 0 Å². The number of hydrogen-bond donors (Lipinski definition) is 2. The topological polar surface area (TPSA) is 114 Å². The van der Waals surface area contributed by atoms with Crippen molar-refractivity contribution in [3.05, 3.63) is 0 Å². The summed E-state index contributed by atoms with van der Waals surface area (Å²) in [6.07, 6.45) is 0.00690. The zero-order chi connectivity index (χ0) is 9.72. The summed E-state index contributed by atoms with van der Waals surface area (Å²) in [7, 11) is -3.20. The Kier molecular flexibility index (Phi) is 3.99. The van der Waals surface area contributed by atoms with Crippen LogP contribution in [0.3, 0.4) is 0 Å². The van der Waals surface area contributed by atoms with E-state index in [9.17, 15) is 13.9 Å². The molecule has 0 heterocycles. The summed E-state index contributed by atoms with van der Waals surface area (Å²) in [4.78, 5) is 14.7. The molecule has 0 amide bonds. The molecule has 0 spiro atoms. The van der Waals surface area contributed by atoms with Gasteiger partial charge in [-0.2, -0.15) is 0 Å². The molecule has 12 heavy (non-hydrogen) atoms. The third kappa shape index (κ3) is 3.16. The lowest BCUT2D eigenvalue weighted by molar-refractivity contribution is -0.160. The Balaban J connectivity index is 4.35.